The second-order valence-electron chi connectivity index (χ2n) is 3.38. The fourth-order valence-corrected chi connectivity index (χ4v) is 0.864. The summed E-state index contributed by atoms with van der Waals surface area (Å²) in [6.07, 6.45) is 3.70. The summed E-state index contributed by atoms with van der Waals surface area (Å²) < 4.78 is 0. The molecule has 62 valence electrons. The smallest absolute Gasteiger partial charge is 0.0456 e. The summed E-state index contributed by atoms with van der Waals surface area (Å²) in [5.41, 5.74) is 0. The Morgan fingerprint density at radius 3 is 2.00 bits per heavy atom. The van der Waals surface area contributed by atoms with E-state index in [4.69, 9.17) is 5.11 Å². The van der Waals surface area contributed by atoms with Crippen LogP contribution in [0.15, 0.2) is 0 Å². The topological polar surface area (TPSA) is 20.2 Å². The van der Waals surface area contributed by atoms with Crippen molar-refractivity contribution >= 4 is 0 Å². The molecule has 1 nitrogen and oxygen atoms in total. The molecule has 0 rings (SSSR count). The third-order valence-corrected chi connectivity index (χ3v) is 2.16. The average molecular weight is 144 g/mol. The van der Waals surface area contributed by atoms with Crippen molar-refractivity contribution in [3.05, 3.63) is 0 Å². The molecule has 0 aliphatic carbocycles. The van der Waals surface area contributed by atoms with E-state index >= 15 is 0 Å². The molecule has 0 aromatic rings. The first-order valence-electron chi connectivity index (χ1n) is 4.31. The van der Waals surface area contributed by atoms with Crippen LogP contribution in [0.25, 0.3) is 0 Å². The average Bonchev–Trinajstić information content (AvgIpc) is 1.99. The number of aliphatic hydroxyl groups is 1. The summed E-state index contributed by atoms with van der Waals surface area (Å²) in [7, 11) is 0. The highest BCUT2D eigenvalue weighted by atomic mass is 16.3. The Morgan fingerprint density at radius 2 is 1.60 bits per heavy atom. The summed E-state index contributed by atoms with van der Waals surface area (Å²) in [4.78, 5) is 0. The minimum absolute atomic E-state index is 0.344. The van der Waals surface area contributed by atoms with E-state index in [1.165, 1.54) is 19.3 Å². The highest BCUT2D eigenvalue weighted by molar-refractivity contribution is 4.55. The number of hydrogen-bond donors (Lipinski definition) is 1. The predicted molar refractivity (Wildman–Crippen MR) is 44.9 cm³/mol. The second kappa shape index (κ2) is 5.72. The summed E-state index contributed by atoms with van der Waals surface area (Å²) in [6.45, 7) is 6.93. The Labute approximate surface area is 64.5 Å². The molecule has 0 amide bonds. The monoisotopic (exact) mass is 144 g/mol. The molecular weight excluding hydrogens is 124 g/mol. The Morgan fingerprint density at radius 1 is 1.10 bits per heavy atom. The maximum atomic E-state index is 8.72. The molecule has 10 heavy (non-hydrogen) atoms. The molecule has 0 aliphatic rings. The summed E-state index contributed by atoms with van der Waals surface area (Å²) in [5.74, 6) is 1.32. The SMILES string of the molecule is CCC(C)CC[C@H](C)CO. The highest BCUT2D eigenvalue weighted by Gasteiger charge is 2.02. The highest BCUT2D eigenvalue weighted by Crippen LogP contribution is 2.13. The van der Waals surface area contributed by atoms with Gasteiger partial charge in [-0.1, -0.05) is 33.6 Å². The molecule has 0 heterocycles. The van der Waals surface area contributed by atoms with E-state index in [9.17, 15) is 0 Å². The van der Waals surface area contributed by atoms with Crippen LogP contribution in [-0.2, 0) is 0 Å². The number of rotatable bonds is 5. The Hall–Kier alpha value is -0.0400. The lowest BCUT2D eigenvalue weighted by Crippen LogP contribution is -2.03. The fraction of sp³-hybridized carbons (Fsp3) is 1.00. The van der Waals surface area contributed by atoms with Gasteiger partial charge >= 0.3 is 0 Å². The third-order valence-electron chi connectivity index (χ3n) is 2.16. The number of hydrogen-bond acceptors (Lipinski definition) is 1. The molecule has 0 aliphatic heterocycles. The lowest BCUT2D eigenvalue weighted by atomic mass is 9.97. The molecule has 2 atom stereocenters. The van der Waals surface area contributed by atoms with Crippen molar-refractivity contribution in [2.75, 3.05) is 6.61 Å². The van der Waals surface area contributed by atoms with Crippen molar-refractivity contribution in [3.8, 4) is 0 Å². The Balaban J connectivity index is 3.17. The maximum Gasteiger partial charge on any atom is 0.0456 e. The molecule has 0 saturated carbocycles. The van der Waals surface area contributed by atoms with Gasteiger partial charge in [0.25, 0.3) is 0 Å². The van der Waals surface area contributed by atoms with E-state index < -0.39 is 0 Å². The van der Waals surface area contributed by atoms with Crippen molar-refractivity contribution in [1.29, 1.82) is 0 Å². The number of aliphatic hydroxyl groups excluding tert-OH is 1. The fourth-order valence-electron chi connectivity index (χ4n) is 0.864. The van der Waals surface area contributed by atoms with E-state index in [1.54, 1.807) is 0 Å². The molecule has 0 radical (unpaired) electrons. The molecule has 1 unspecified atom stereocenters. The van der Waals surface area contributed by atoms with Gasteiger partial charge in [0.15, 0.2) is 0 Å². The third kappa shape index (κ3) is 4.80. The van der Waals surface area contributed by atoms with Gasteiger partial charge in [-0.2, -0.15) is 0 Å². The Kier molecular flexibility index (Phi) is 5.70. The molecule has 1 N–H and O–H groups in total. The van der Waals surface area contributed by atoms with Crippen LogP contribution in [0.3, 0.4) is 0 Å². The van der Waals surface area contributed by atoms with E-state index in [0.717, 1.165) is 5.92 Å². The van der Waals surface area contributed by atoms with Gasteiger partial charge in [0.2, 0.25) is 0 Å². The van der Waals surface area contributed by atoms with Crippen molar-refractivity contribution < 1.29 is 5.11 Å². The van der Waals surface area contributed by atoms with Crippen LogP contribution in [-0.4, -0.2) is 11.7 Å². The predicted octanol–water partition coefficient (Wildman–Crippen LogP) is 2.44. The lowest BCUT2D eigenvalue weighted by Gasteiger charge is -2.11. The molecule has 0 fully saturated rings. The van der Waals surface area contributed by atoms with E-state index in [0.29, 0.717) is 12.5 Å². The molecule has 0 aromatic heterocycles. The van der Waals surface area contributed by atoms with E-state index in [2.05, 4.69) is 20.8 Å². The van der Waals surface area contributed by atoms with Crippen LogP contribution in [0.4, 0.5) is 0 Å². The quantitative estimate of drug-likeness (QED) is 0.628. The zero-order valence-electron chi connectivity index (χ0n) is 7.43. The first kappa shape index (κ1) is 9.96. The van der Waals surface area contributed by atoms with Crippen LogP contribution >= 0.6 is 0 Å². The molecular formula is C9H20O. The van der Waals surface area contributed by atoms with Gasteiger partial charge in [0, 0.05) is 6.61 Å². The lowest BCUT2D eigenvalue weighted by molar-refractivity contribution is 0.222. The normalized spacial score (nSPS) is 16.8. The molecule has 0 aromatic carbocycles. The summed E-state index contributed by atoms with van der Waals surface area (Å²) in [5, 5.41) is 8.72. The van der Waals surface area contributed by atoms with Crippen molar-refractivity contribution in [3.63, 3.8) is 0 Å². The zero-order chi connectivity index (χ0) is 7.98. The van der Waals surface area contributed by atoms with Crippen molar-refractivity contribution in [2.45, 2.75) is 40.0 Å². The molecule has 0 saturated heterocycles. The van der Waals surface area contributed by atoms with Crippen LogP contribution in [0.2, 0.25) is 0 Å². The van der Waals surface area contributed by atoms with Crippen molar-refractivity contribution in [2.24, 2.45) is 11.8 Å². The minimum Gasteiger partial charge on any atom is -0.396 e. The van der Waals surface area contributed by atoms with Crippen LogP contribution < -0.4 is 0 Å². The summed E-state index contributed by atoms with van der Waals surface area (Å²) in [6, 6.07) is 0. The molecule has 0 spiro atoms. The van der Waals surface area contributed by atoms with Gasteiger partial charge in [0.05, 0.1) is 0 Å². The second-order valence-corrected chi connectivity index (χ2v) is 3.38. The van der Waals surface area contributed by atoms with Gasteiger partial charge in [-0.3, -0.25) is 0 Å². The molecule has 1 heteroatoms. The standard InChI is InChI=1S/C9H20O/c1-4-8(2)5-6-9(3)7-10/h8-10H,4-7H2,1-3H3/t8?,9-/m0/s1. The van der Waals surface area contributed by atoms with E-state index in [1.807, 2.05) is 0 Å². The largest absolute Gasteiger partial charge is 0.396 e. The Bertz CT molecular complexity index is 61.1. The van der Waals surface area contributed by atoms with Crippen molar-refractivity contribution in [1.82, 2.24) is 0 Å². The molecule has 0 bridgehead atoms. The minimum atomic E-state index is 0.344. The first-order valence-corrected chi connectivity index (χ1v) is 4.31. The van der Waals surface area contributed by atoms with Crippen LogP contribution in [0.1, 0.15) is 40.0 Å². The van der Waals surface area contributed by atoms with Gasteiger partial charge in [-0.25, -0.2) is 0 Å². The van der Waals surface area contributed by atoms with Gasteiger partial charge in [0.1, 0.15) is 0 Å². The van der Waals surface area contributed by atoms with Gasteiger partial charge in [-0.15, -0.1) is 0 Å². The zero-order valence-corrected chi connectivity index (χ0v) is 7.43. The summed E-state index contributed by atoms with van der Waals surface area (Å²) >= 11 is 0. The van der Waals surface area contributed by atoms with E-state index in [-0.39, 0.29) is 0 Å². The van der Waals surface area contributed by atoms with Gasteiger partial charge in [-0.05, 0) is 18.3 Å². The maximum absolute atomic E-state index is 8.72. The van der Waals surface area contributed by atoms with Crippen LogP contribution in [0, 0.1) is 11.8 Å². The van der Waals surface area contributed by atoms with Crippen LogP contribution in [0.5, 0.6) is 0 Å². The first-order chi connectivity index (χ1) is 4.70. The van der Waals surface area contributed by atoms with Gasteiger partial charge < -0.3 is 5.11 Å².